The van der Waals surface area contributed by atoms with Crippen LogP contribution in [0.4, 0.5) is 0 Å². The SMILES string of the molecule is O=C(O)CC1CCCC[C@H]1N1C[C@H](CN2CCC(COCc3ccccc3)CC2)[C@@H](c2ccccc2)C1. The molecule has 0 aromatic heterocycles. The lowest BCUT2D eigenvalue weighted by Gasteiger charge is -2.38. The zero-order valence-electron chi connectivity index (χ0n) is 22.2. The molecule has 0 amide bonds. The summed E-state index contributed by atoms with van der Waals surface area (Å²) >= 11 is 0. The van der Waals surface area contributed by atoms with Crippen molar-refractivity contribution in [3.63, 3.8) is 0 Å². The third-order valence-corrected chi connectivity index (χ3v) is 9.14. The molecule has 1 unspecified atom stereocenters. The number of carboxylic acid groups (broad SMARTS) is 1. The van der Waals surface area contributed by atoms with Crippen molar-refractivity contribution in [2.24, 2.45) is 17.8 Å². The van der Waals surface area contributed by atoms with E-state index in [4.69, 9.17) is 4.74 Å². The van der Waals surface area contributed by atoms with Crippen LogP contribution in [0.3, 0.4) is 0 Å². The van der Waals surface area contributed by atoms with Gasteiger partial charge in [-0.1, -0.05) is 73.5 Å². The van der Waals surface area contributed by atoms with Gasteiger partial charge in [-0.3, -0.25) is 9.69 Å². The van der Waals surface area contributed by atoms with Gasteiger partial charge in [0, 0.05) is 44.6 Å². The highest BCUT2D eigenvalue weighted by atomic mass is 16.5. The Bertz CT molecular complexity index is 961. The van der Waals surface area contributed by atoms with Gasteiger partial charge in [0.1, 0.15) is 0 Å². The molecule has 0 bridgehead atoms. The van der Waals surface area contributed by atoms with Gasteiger partial charge in [-0.25, -0.2) is 0 Å². The monoisotopic (exact) mass is 504 g/mol. The summed E-state index contributed by atoms with van der Waals surface area (Å²) in [5.74, 6) is 1.45. The fraction of sp³-hybridized carbons (Fsp3) is 0.594. The average molecular weight is 505 g/mol. The Hall–Kier alpha value is -2.21. The van der Waals surface area contributed by atoms with Gasteiger partial charge in [0.25, 0.3) is 0 Å². The maximum absolute atomic E-state index is 11.6. The van der Waals surface area contributed by atoms with E-state index in [2.05, 4.69) is 70.5 Å². The summed E-state index contributed by atoms with van der Waals surface area (Å²) in [6.45, 7) is 7.19. The van der Waals surface area contributed by atoms with E-state index in [0.29, 0.717) is 42.7 Å². The highest BCUT2D eigenvalue weighted by Crippen LogP contribution is 2.40. The van der Waals surface area contributed by atoms with Crippen LogP contribution in [0.15, 0.2) is 60.7 Å². The molecule has 2 aromatic rings. The Morgan fingerprint density at radius 2 is 1.57 bits per heavy atom. The summed E-state index contributed by atoms with van der Waals surface area (Å²) in [6.07, 6.45) is 7.38. The molecule has 200 valence electrons. The summed E-state index contributed by atoms with van der Waals surface area (Å²) in [5.41, 5.74) is 2.70. The summed E-state index contributed by atoms with van der Waals surface area (Å²) < 4.78 is 6.05. The zero-order chi connectivity index (χ0) is 25.5. The van der Waals surface area contributed by atoms with E-state index in [0.717, 1.165) is 52.2 Å². The average Bonchev–Trinajstić information content (AvgIpc) is 3.34. The summed E-state index contributed by atoms with van der Waals surface area (Å²) in [5, 5.41) is 9.52. The highest BCUT2D eigenvalue weighted by Gasteiger charge is 2.41. The molecule has 2 aromatic carbocycles. The number of piperidine rings is 1. The predicted molar refractivity (Wildman–Crippen MR) is 148 cm³/mol. The minimum Gasteiger partial charge on any atom is -0.481 e. The van der Waals surface area contributed by atoms with Crippen LogP contribution in [0.1, 0.15) is 62.0 Å². The van der Waals surface area contributed by atoms with E-state index in [-0.39, 0.29) is 0 Å². The van der Waals surface area contributed by atoms with Crippen molar-refractivity contribution in [3.8, 4) is 0 Å². The second-order valence-corrected chi connectivity index (χ2v) is 11.7. The van der Waals surface area contributed by atoms with Gasteiger partial charge in [-0.05, 0) is 67.7 Å². The molecule has 1 N–H and O–H groups in total. The smallest absolute Gasteiger partial charge is 0.303 e. The number of carboxylic acids is 1. The molecule has 4 atom stereocenters. The molecule has 2 saturated heterocycles. The number of aliphatic carboxylic acids is 1. The lowest BCUT2D eigenvalue weighted by molar-refractivity contribution is -0.139. The molecule has 5 rings (SSSR count). The Labute approximate surface area is 222 Å². The van der Waals surface area contributed by atoms with Gasteiger partial charge in [0.2, 0.25) is 0 Å². The Morgan fingerprint density at radius 3 is 2.30 bits per heavy atom. The number of hydrogen-bond donors (Lipinski definition) is 1. The number of ether oxygens (including phenoxy) is 1. The molecule has 3 aliphatic rings. The lowest BCUT2D eigenvalue weighted by atomic mass is 9.81. The van der Waals surface area contributed by atoms with Crippen molar-refractivity contribution in [3.05, 3.63) is 71.8 Å². The largest absolute Gasteiger partial charge is 0.481 e. The van der Waals surface area contributed by atoms with Crippen LogP contribution in [0, 0.1) is 17.8 Å². The molecular weight excluding hydrogens is 460 g/mol. The van der Waals surface area contributed by atoms with Crippen LogP contribution in [-0.4, -0.2) is 66.2 Å². The van der Waals surface area contributed by atoms with E-state index < -0.39 is 5.97 Å². The number of rotatable bonds is 10. The molecule has 0 spiro atoms. The molecule has 1 aliphatic carbocycles. The standard InChI is InChI=1S/C32H44N2O3/c35-32(36)19-28-13-7-8-14-31(28)34-21-29(30(22-34)27-11-5-2-6-12-27)20-33-17-15-26(16-18-33)24-37-23-25-9-3-1-4-10-25/h1-6,9-12,26,28-31H,7-8,13-24H2,(H,35,36)/t28?,29-,30+,31+/m0/s1. The van der Waals surface area contributed by atoms with E-state index in [9.17, 15) is 9.90 Å². The van der Waals surface area contributed by atoms with Crippen LogP contribution < -0.4 is 0 Å². The van der Waals surface area contributed by atoms with Gasteiger partial charge in [0.05, 0.1) is 6.61 Å². The molecule has 2 heterocycles. The van der Waals surface area contributed by atoms with E-state index in [1.807, 2.05) is 0 Å². The Kier molecular flexibility index (Phi) is 9.30. The first-order valence-corrected chi connectivity index (χ1v) is 14.5. The maximum Gasteiger partial charge on any atom is 0.303 e. The van der Waals surface area contributed by atoms with Gasteiger partial charge in [-0.15, -0.1) is 0 Å². The molecule has 5 heteroatoms. The van der Waals surface area contributed by atoms with Crippen molar-refractivity contribution in [2.75, 3.05) is 39.3 Å². The number of carbonyl (C=O) groups is 1. The number of benzene rings is 2. The molecule has 0 radical (unpaired) electrons. The van der Waals surface area contributed by atoms with Crippen LogP contribution in [0.5, 0.6) is 0 Å². The molecule has 2 aliphatic heterocycles. The summed E-state index contributed by atoms with van der Waals surface area (Å²) in [7, 11) is 0. The third-order valence-electron chi connectivity index (χ3n) is 9.14. The summed E-state index contributed by atoms with van der Waals surface area (Å²) in [4.78, 5) is 16.9. The maximum atomic E-state index is 11.6. The van der Waals surface area contributed by atoms with Crippen LogP contribution in [0.25, 0.3) is 0 Å². The molecule has 5 nitrogen and oxygen atoms in total. The van der Waals surface area contributed by atoms with Crippen molar-refractivity contribution >= 4 is 5.97 Å². The first-order valence-electron chi connectivity index (χ1n) is 14.5. The first kappa shape index (κ1) is 26.4. The molecule has 37 heavy (non-hydrogen) atoms. The topological polar surface area (TPSA) is 53.0 Å². The Morgan fingerprint density at radius 1 is 0.865 bits per heavy atom. The van der Waals surface area contributed by atoms with E-state index in [1.54, 1.807) is 0 Å². The quantitative estimate of drug-likeness (QED) is 0.452. The van der Waals surface area contributed by atoms with Gasteiger partial charge >= 0.3 is 5.97 Å². The van der Waals surface area contributed by atoms with Crippen molar-refractivity contribution in [1.82, 2.24) is 9.80 Å². The second-order valence-electron chi connectivity index (χ2n) is 11.7. The lowest BCUT2D eigenvalue weighted by Crippen LogP contribution is -2.43. The second kappa shape index (κ2) is 13.0. The zero-order valence-corrected chi connectivity index (χ0v) is 22.2. The minimum atomic E-state index is -0.636. The number of hydrogen-bond acceptors (Lipinski definition) is 4. The minimum absolute atomic E-state index is 0.299. The summed E-state index contributed by atoms with van der Waals surface area (Å²) in [6, 6.07) is 21.9. The molecule has 3 fully saturated rings. The number of likely N-dealkylation sites (tertiary alicyclic amines) is 2. The van der Waals surface area contributed by atoms with Gasteiger partial charge in [0.15, 0.2) is 0 Å². The Balaban J connectivity index is 1.16. The van der Waals surface area contributed by atoms with Crippen molar-refractivity contribution < 1.29 is 14.6 Å². The van der Waals surface area contributed by atoms with E-state index in [1.165, 1.54) is 36.8 Å². The first-order chi connectivity index (χ1) is 18.2. The highest BCUT2D eigenvalue weighted by molar-refractivity contribution is 5.67. The fourth-order valence-electron chi connectivity index (χ4n) is 7.15. The number of nitrogens with zero attached hydrogens (tertiary/aromatic N) is 2. The molecular formula is C32H44N2O3. The van der Waals surface area contributed by atoms with Crippen LogP contribution >= 0.6 is 0 Å². The van der Waals surface area contributed by atoms with Crippen LogP contribution in [0.2, 0.25) is 0 Å². The van der Waals surface area contributed by atoms with Crippen molar-refractivity contribution in [1.29, 1.82) is 0 Å². The van der Waals surface area contributed by atoms with Crippen LogP contribution in [-0.2, 0) is 16.1 Å². The predicted octanol–water partition coefficient (Wildman–Crippen LogP) is 5.66. The van der Waals surface area contributed by atoms with Gasteiger partial charge in [-0.2, -0.15) is 0 Å². The third kappa shape index (κ3) is 7.22. The normalized spacial score (nSPS) is 27.9. The molecule has 1 saturated carbocycles. The van der Waals surface area contributed by atoms with Gasteiger partial charge < -0.3 is 14.7 Å². The van der Waals surface area contributed by atoms with Crippen molar-refractivity contribution in [2.45, 2.75) is 63.5 Å². The van der Waals surface area contributed by atoms with E-state index >= 15 is 0 Å². The fourth-order valence-corrected chi connectivity index (χ4v) is 7.15.